The molecule has 5 heteroatoms. The normalized spacial score (nSPS) is 12.8. The molecule has 0 fully saturated rings. The number of likely N-dealkylation sites (N-methyl/N-ethyl adjacent to an activating group) is 1. The van der Waals surface area contributed by atoms with Crippen LogP contribution in [0.4, 0.5) is 0 Å². The third kappa shape index (κ3) is 6.05. The number of nitrogens with zero attached hydrogens (tertiary/aromatic N) is 1. The fourth-order valence-corrected chi connectivity index (χ4v) is 2.22. The van der Waals surface area contributed by atoms with Gasteiger partial charge in [-0.05, 0) is 54.5 Å². The zero-order chi connectivity index (χ0) is 13.5. The summed E-state index contributed by atoms with van der Waals surface area (Å²) in [6.45, 7) is 4.09. The molecule has 0 aliphatic rings. The number of aliphatic hydroxyl groups is 1. The number of rotatable bonds is 7. The van der Waals surface area contributed by atoms with E-state index in [1.165, 1.54) is 0 Å². The number of ether oxygens (including phenoxy) is 1. The molecule has 0 spiro atoms. The van der Waals surface area contributed by atoms with E-state index in [0.29, 0.717) is 11.6 Å². The van der Waals surface area contributed by atoms with E-state index in [2.05, 4.69) is 20.8 Å². The Morgan fingerprint density at radius 3 is 2.78 bits per heavy atom. The van der Waals surface area contributed by atoms with Crippen molar-refractivity contribution in [2.45, 2.75) is 19.4 Å². The third-order valence-corrected chi connectivity index (χ3v) is 3.41. The number of hydrogen-bond donors (Lipinski definition) is 1. The highest BCUT2D eigenvalue weighted by molar-refractivity contribution is 9.10. The van der Waals surface area contributed by atoms with Crippen molar-refractivity contribution in [3.8, 4) is 5.75 Å². The van der Waals surface area contributed by atoms with Gasteiger partial charge in [0.15, 0.2) is 0 Å². The highest BCUT2D eigenvalue weighted by Gasteiger charge is 2.04. The van der Waals surface area contributed by atoms with E-state index in [4.69, 9.17) is 16.3 Å². The lowest BCUT2D eigenvalue weighted by Gasteiger charge is -2.18. The molecule has 1 N–H and O–H groups in total. The first-order valence-electron chi connectivity index (χ1n) is 5.93. The van der Waals surface area contributed by atoms with Crippen LogP contribution in [0, 0.1) is 0 Å². The van der Waals surface area contributed by atoms with Crippen molar-refractivity contribution in [1.29, 1.82) is 0 Å². The molecule has 0 amide bonds. The van der Waals surface area contributed by atoms with Gasteiger partial charge in [-0.25, -0.2) is 0 Å². The molecule has 0 aromatic heterocycles. The van der Waals surface area contributed by atoms with Crippen LogP contribution in [-0.2, 0) is 0 Å². The molecule has 0 heterocycles. The maximum absolute atomic E-state index is 9.19. The second-order valence-electron chi connectivity index (χ2n) is 4.36. The first kappa shape index (κ1) is 15.8. The van der Waals surface area contributed by atoms with Gasteiger partial charge in [-0.15, -0.1) is 0 Å². The van der Waals surface area contributed by atoms with Crippen molar-refractivity contribution in [2.24, 2.45) is 0 Å². The van der Waals surface area contributed by atoms with Crippen molar-refractivity contribution in [3.05, 3.63) is 27.7 Å². The van der Waals surface area contributed by atoms with Gasteiger partial charge >= 0.3 is 0 Å². The van der Waals surface area contributed by atoms with E-state index in [-0.39, 0.29) is 6.10 Å². The van der Waals surface area contributed by atoms with Gasteiger partial charge in [0.25, 0.3) is 0 Å². The maximum atomic E-state index is 9.19. The molecule has 0 aliphatic heterocycles. The van der Waals surface area contributed by atoms with Crippen molar-refractivity contribution in [1.82, 2.24) is 4.90 Å². The summed E-state index contributed by atoms with van der Waals surface area (Å²) in [6.07, 6.45) is 0.528. The lowest BCUT2D eigenvalue weighted by molar-refractivity contribution is 0.157. The molecule has 0 saturated heterocycles. The Balaban J connectivity index is 2.28. The van der Waals surface area contributed by atoms with Gasteiger partial charge in [0.2, 0.25) is 0 Å². The number of aliphatic hydroxyl groups excluding tert-OH is 1. The molecule has 1 aromatic rings. The maximum Gasteiger partial charge on any atom is 0.133 e. The predicted octanol–water partition coefficient (Wildman–Crippen LogP) is 3.18. The van der Waals surface area contributed by atoms with E-state index in [9.17, 15) is 5.11 Å². The van der Waals surface area contributed by atoms with Gasteiger partial charge in [0.1, 0.15) is 12.4 Å². The Morgan fingerprint density at radius 1 is 1.44 bits per heavy atom. The van der Waals surface area contributed by atoms with Gasteiger partial charge in [0.05, 0.1) is 10.6 Å². The molecule has 1 rings (SSSR count). The molecular weight excluding hydrogens is 318 g/mol. The minimum atomic E-state index is -0.251. The Labute approximate surface area is 122 Å². The summed E-state index contributed by atoms with van der Waals surface area (Å²) in [7, 11) is 2.02. The van der Waals surface area contributed by atoms with Crippen LogP contribution in [0.25, 0.3) is 0 Å². The second-order valence-corrected chi connectivity index (χ2v) is 5.65. The Bertz CT molecular complexity index is 374. The van der Waals surface area contributed by atoms with Crippen LogP contribution in [0.5, 0.6) is 5.75 Å². The predicted molar refractivity (Wildman–Crippen MR) is 78.4 cm³/mol. The van der Waals surface area contributed by atoms with Crippen LogP contribution < -0.4 is 4.74 Å². The fraction of sp³-hybridized carbons (Fsp3) is 0.538. The summed E-state index contributed by atoms with van der Waals surface area (Å²) < 4.78 is 6.52. The van der Waals surface area contributed by atoms with E-state index in [1.807, 2.05) is 19.2 Å². The van der Waals surface area contributed by atoms with E-state index >= 15 is 0 Å². The summed E-state index contributed by atoms with van der Waals surface area (Å²) in [5.41, 5.74) is 0. The van der Waals surface area contributed by atoms with Gasteiger partial charge in [-0.1, -0.05) is 11.6 Å². The fourth-order valence-electron chi connectivity index (χ4n) is 1.42. The molecule has 0 radical (unpaired) electrons. The minimum absolute atomic E-state index is 0.251. The molecule has 0 bridgehead atoms. The van der Waals surface area contributed by atoms with Crippen LogP contribution in [-0.4, -0.2) is 42.9 Å². The van der Waals surface area contributed by atoms with Gasteiger partial charge in [0, 0.05) is 18.1 Å². The molecule has 1 atom stereocenters. The number of halogens is 2. The average molecular weight is 337 g/mol. The Morgan fingerprint density at radius 2 is 2.17 bits per heavy atom. The first-order chi connectivity index (χ1) is 8.49. The van der Waals surface area contributed by atoms with Crippen LogP contribution in [0.2, 0.25) is 5.02 Å². The van der Waals surface area contributed by atoms with Crippen LogP contribution in [0.1, 0.15) is 13.3 Å². The molecule has 3 nitrogen and oxygen atoms in total. The minimum Gasteiger partial charge on any atom is -0.491 e. The Kier molecular flexibility index (Phi) is 7.00. The van der Waals surface area contributed by atoms with E-state index in [0.717, 1.165) is 29.7 Å². The molecule has 0 aliphatic carbocycles. The topological polar surface area (TPSA) is 32.7 Å². The zero-order valence-electron chi connectivity index (χ0n) is 10.7. The highest BCUT2D eigenvalue weighted by atomic mass is 79.9. The largest absolute Gasteiger partial charge is 0.491 e. The second kappa shape index (κ2) is 8.00. The summed E-state index contributed by atoms with van der Waals surface area (Å²) >= 11 is 9.26. The molecule has 1 unspecified atom stereocenters. The summed E-state index contributed by atoms with van der Waals surface area (Å²) in [5, 5.41) is 9.87. The van der Waals surface area contributed by atoms with Crippen LogP contribution >= 0.6 is 27.5 Å². The van der Waals surface area contributed by atoms with Gasteiger partial charge in [-0.2, -0.15) is 0 Å². The zero-order valence-corrected chi connectivity index (χ0v) is 13.0. The molecular formula is C13H19BrClNO2. The quantitative estimate of drug-likeness (QED) is 0.830. The van der Waals surface area contributed by atoms with E-state index in [1.54, 1.807) is 13.0 Å². The lowest BCUT2D eigenvalue weighted by atomic mass is 10.3. The average Bonchev–Trinajstić information content (AvgIpc) is 2.29. The SMILES string of the molecule is CC(O)CCN(C)CCOc1ccc(Cl)cc1Br. The highest BCUT2D eigenvalue weighted by Crippen LogP contribution is 2.27. The molecule has 1 aromatic carbocycles. The molecule has 0 saturated carbocycles. The van der Waals surface area contributed by atoms with Crippen LogP contribution in [0.3, 0.4) is 0 Å². The van der Waals surface area contributed by atoms with Gasteiger partial charge in [-0.3, -0.25) is 0 Å². The van der Waals surface area contributed by atoms with Crippen molar-refractivity contribution in [3.63, 3.8) is 0 Å². The van der Waals surface area contributed by atoms with Crippen molar-refractivity contribution >= 4 is 27.5 Å². The monoisotopic (exact) mass is 335 g/mol. The molecule has 102 valence electrons. The van der Waals surface area contributed by atoms with Crippen LogP contribution in [0.15, 0.2) is 22.7 Å². The van der Waals surface area contributed by atoms with E-state index < -0.39 is 0 Å². The third-order valence-electron chi connectivity index (χ3n) is 2.55. The smallest absolute Gasteiger partial charge is 0.133 e. The molecule has 18 heavy (non-hydrogen) atoms. The Hall–Kier alpha value is -0.290. The van der Waals surface area contributed by atoms with Gasteiger partial charge < -0.3 is 14.7 Å². The lowest BCUT2D eigenvalue weighted by Crippen LogP contribution is -2.27. The summed E-state index contributed by atoms with van der Waals surface area (Å²) in [4.78, 5) is 2.14. The summed E-state index contributed by atoms with van der Waals surface area (Å²) in [5.74, 6) is 0.795. The number of hydrogen-bond acceptors (Lipinski definition) is 3. The first-order valence-corrected chi connectivity index (χ1v) is 7.10. The van der Waals surface area contributed by atoms with Crippen molar-refractivity contribution in [2.75, 3.05) is 26.7 Å². The number of benzene rings is 1. The van der Waals surface area contributed by atoms with Crippen molar-refractivity contribution < 1.29 is 9.84 Å². The summed E-state index contributed by atoms with van der Waals surface area (Å²) in [6, 6.07) is 5.47. The standard InChI is InChI=1S/C13H19BrClNO2/c1-10(17)5-6-16(2)7-8-18-13-4-3-11(15)9-12(13)14/h3-4,9-10,17H,5-8H2,1-2H3.